The third-order valence-corrected chi connectivity index (χ3v) is 4.86. The van der Waals surface area contributed by atoms with Gasteiger partial charge in [-0.05, 0) is 24.6 Å². The van der Waals surface area contributed by atoms with Gasteiger partial charge in [0.25, 0.3) is 5.91 Å². The molecule has 1 aliphatic carbocycles. The fourth-order valence-electron chi connectivity index (χ4n) is 2.60. The Morgan fingerprint density at radius 2 is 2.00 bits per heavy atom. The Balaban J connectivity index is 1.66. The lowest BCUT2D eigenvalue weighted by Crippen LogP contribution is -2.15. The summed E-state index contributed by atoms with van der Waals surface area (Å²) in [7, 11) is 1.61. The zero-order valence-corrected chi connectivity index (χ0v) is 16.1. The number of nitrogens with one attached hydrogen (secondary N) is 2. The van der Waals surface area contributed by atoms with E-state index in [1.807, 2.05) is 42.6 Å². The molecule has 1 aromatic carbocycles. The molecule has 0 unspecified atom stereocenters. The van der Waals surface area contributed by atoms with Crippen molar-refractivity contribution in [3.8, 4) is 11.3 Å². The molecule has 7 heteroatoms. The molecule has 0 spiro atoms. The van der Waals surface area contributed by atoms with E-state index < -0.39 is 0 Å². The summed E-state index contributed by atoms with van der Waals surface area (Å²) >= 11 is 1.37. The first-order valence-electron chi connectivity index (χ1n) is 8.71. The Hall–Kier alpha value is -2.93. The molecule has 1 heterocycles. The van der Waals surface area contributed by atoms with Crippen LogP contribution < -0.4 is 10.6 Å². The van der Waals surface area contributed by atoms with Crippen LogP contribution in [0.15, 0.2) is 53.1 Å². The molecule has 2 aromatic rings. The summed E-state index contributed by atoms with van der Waals surface area (Å²) in [5.41, 5.74) is 3.03. The van der Waals surface area contributed by atoms with E-state index in [9.17, 15) is 9.59 Å². The van der Waals surface area contributed by atoms with E-state index in [1.54, 1.807) is 13.2 Å². The van der Waals surface area contributed by atoms with Crippen molar-refractivity contribution < 1.29 is 14.3 Å². The molecule has 0 saturated carbocycles. The third-order valence-electron chi connectivity index (χ3n) is 4.11. The van der Waals surface area contributed by atoms with Crippen molar-refractivity contribution in [1.82, 2.24) is 4.98 Å². The molecule has 0 atom stereocenters. The molecular weight excluding hydrogens is 362 g/mol. The van der Waals surface area contributed by atoms with Gasteiger partial charge < -0.3 is 10.1 Å². The lowest BCUT2D eigenvalue weighted by atomic mass is 10.1. The van der Waals surface area contributed by atoms with Crippen LogP contribution in [0.2, 0.25) is 0 Å². The topological polar surface area (TPSA) is 80.3 Å². The molecule has 0 bridgehead atoms. The van der Waals surface area contributed by atoms with Crippen LogP contribution in [0.5, 0.6) is 0 Å². The van der Waals surface area contributed by atoms with Crippen LogP contribution in [0, 0.1) is 0 Å². The second-order valence-electron chi connectivity index (χ2n) is 5.98. The first-order valence-corrected chi connectivity index (χ1v) is 9.59. The monoisotopic (exact) mass is 383 g/mol. The second kappa shape index (κ2) is 8.64. The molecule has 1 aromatic heterocycles. The molecule has 2 N–H and O–H groups in total. The maximum Gasteiger partial charge on any atom is 0.257 e. The summed E-state index contributed by atoms with van der Waals surface area (Å²) < 4.78 is 5.23. The van der Waals surface area contributed by atoms with Gasteiger partial charge in [-0.15, -0.1) is 11.3 Å². The maximum absolute atomic E-state index is 12.4. The number of hydrogen-bond acceptors (Lipinski definition) is 5. The second-order valence-corrected chi connectivity index (χ2v) is 6.84. The quantitative estimate of drug-likeness (QED) is 0.777. The van der Waals surface area contributed by atoms with E-state index >= 15 is 0 Å². The standard InChI is InChI=1S/C20H21N3O3S/c1-3-18(24)21-15-9-7-13(8-10-15)17-12-27-20(22-17)23-19(25)14-5-4-6-16(11-14)26-2/h5,7-12H,3-4,6H2,1-2H3,(H,21,24)(H,22,23,25). The fraction of sp³-hybridized carbons (Fsp3) is 0.250. The fourth-order valence-corrected chi connectivity index (χ4v) is 3.32. The first kappa shape index (κ1) is 18.8. The number of nitrogens with zero attached hydrogens (tertiary/aromatic N) is 1. The summed E-state index contributed by atoms with van der Waals surface area (Å²) in [5, 5.41) is 8.07. The molecule has 140 valence electrons. The average molecular weight is 383 g/mol. The highest BCUT2D eigenvalue weighted by molar-refractivity contribution is 7.14. The van der Waals surface area contributed by atoms with Gasteiger partial charge in [-0.1, -0.05) is 25.1 Å². The van der Waals surface area contributed by atoms with Crippen LogP contribution in [-0.2, 0) is 14.3 Å². The molecule has 1 aliphatic rings. The Bertz CT molecular complexity index is 897. The molecule has 0 saturated heterocycles. The van der Waals surface area contributed by atoms with Gasteiger partial charge in [0.1, 0.15) is 0 Å². The van der Waals surface area contributed by atoms with Crippen LogP contribution in [0.4, 0.5) is 10.8 Å². The lowest BCUT2D eigenvalue weighted by molar-refractivity contribution is -0.116. The zero-order valence-electron chi connectivity index (χ0n) is 15.2. The van der Waals surface area contributed by atoms with Crippen molar-refractivity contribution in [2.75, 3.05) is 17.7 Å². The van der Waals surface area contributed by atoms with E-state index in [2.05, 4.69) is 15.6 Å². The van der Waals surface area contributed by atoms with Crippen molar-refractivity contribution in [1.29, 1.82) is 0 Å². The third kappa shape index (κ3) is 4.83. The number of thiazole rings is 1. The number of hydrogen-bond donors (Lipinski definition) is 2. The van der Waals surface area contributed by atoms with Crippen LogP contribution in [0.1, 0.15) is 26.2 Å². The van der Waals surface area contributed by atoms with Crippen molar-refractivity contribution in [2.45, 2.75) is 26.2 Å². The molecular formula is C20H21N3O3S. The van der Waals surface area contributed by atoms with E-state index in [0.29, 0.717) is 17.1 Å². The Labute approximate surface area is 162 Å². The minimum atomic E-state index is -0.192. The van der Waals surface area contributed by atoms with Crippen LogP contribution >= 0.6 is 11.3 Å². The summed E-state index contributed by atoms with van der Waals surface area (Å²) in [4.78, 5) is 28.3. The predicted molar refractivity (Wildman–Crippen MR) is 108 cm³/mol. The van der Waals surface area contributed by atoms with Crippen molar-refractivity contribution in [2.24, 2.45) is 0 Å². The number of anilines is 2. The predicted octanol–water partition coefficient (Wildman–Crippen LogP) is 4.35. The molecule has 2 amide bonds. The van der Waals surface area contributed by atoms with Crippen LogP contribution in [0.3, 0.4) is 0 Å². The van der Waals surface area contributed by atoms with E-state index in [4.69, 9.17) is 4.74 Å². The van der Waals surface area contributed by atoms with Gasteiger partial charge in [0, 0.05) is 35.0 Å². The van der Waals surface area contributed by atoms with Gasteiger partial charge in [0.15, 0.2) is 5.13 Å². The number of amides is 2. The molecule has 0 fully saturated rings. The van der Waals surface area contributed by atoms with Gasteiger partial charge in [-0.2, -0.15) is 0 Å². The number of benzene rings is 1. The number of aromatic nitrogens is 1. The van der Waals surface area contributed by atoms with Crippen LogP contribution in [0.25, 0.3) is 11.3 Å². The highest BCUT2D eigenvalue weighted by Gasteiger charge is 2.15. The highest BCUT2D eigenvalue weighted by atomic mass is 32.1. The van der Waals surface area contributed by atoms with Gasteiger partial charge in [-0.3, -0.25) is 14.9 Å². The van der Waals surface area contributed by atoms with E-state index in [1.165, 1.54) is 11.3 Å². The summed E-state index contributed by atoms with van der Waals surface area (Å²) in [6, 6.07) is 7.46. The SMILES string of the molecule is CCC(=O)Nc1ccc(-c2csc(NC(=O)C3=CCCC(OC)=C3)n2)cc1. The molecule has 0 aliphatic heterocycles. The average Bonchev–Trinajstić information content (AvgIpc) is 3.17. The number of carbonyl (C=O) groups excluding carboxylic acids is 2. The smallest absolute Gasteiger partial charge is 0.257 e. The lowest BCUT2D eigenvalue weighted by Gasteiger charge is -2.11. The zero-order chi connectivity index (χ0) is 19.2. The number of rotatable bonds is 6. The van der Waals surface area contributed by atoms with Crippen molar-refractivity contribution in [3.63, 3.8) is 0 Å². The minimum Gasteiger partial charge on any atom is -0.501 e. The van der Waals surface area contributed by atoms with Gasteiger partial charge in [0.05, 0.1) is 18.6 Å². The molecule has 0 radical (unpaired) electrons. The normalized spacial score (nSPS) is 13.4. The van der Waals surface area contributed by atoms with E-state index in [0.717, 1.165) is 35.5 Å². The number of allylic oxidation sites excluding steroid dienone is 2. The molecule has 3 rings (SSSR count). The number of methoxy groups -OCH3 is 1. The Morgan fingerprint density at radius 1 is 1.22 bits per heavy atom. The number of ether oxygens (including phenoxy) is 1. The molecule has 27 heavy (non-hydrogen) atoms. The highest BCUT2D eigenvalue weighted by Crippen LogP contribution is 2.27. The molecule has 6 nitrogen and oxygen atoms in total. The minimum absolute atomic E-state index is 0.0240. The van der Waals surface area contributed by atoms with Gasteiger partial charge in [-0.25, -0.2) is 4.98 Å². The Morgan fingerprint density at radius 3 is 2.70 bits per heavy atom. The largest absolute Gasteiger partial charge is 0.501 e. The van der Waals surface area contributed by atoms with Crippen molar-refractivity contribution in [3.05, 3.63) is 53.1 Å². The summed E-state index contributed by atoms with van der Waals surface area (Å²) in [6.07, 6.45) is 5.69. The number of carbonyl (C=O) groups is 2. The Kier molecular flexibility index (Phi) is 6.03. The first-order chi connectivity index (χ1) is 13.1. The van der Waals surface area contributed by atoms with Crippen LogP contribution in [-0.4, -0.2) is 23.9 Å². The van der Waals surface area contributed by atoms with Crippen molar-refractivity contribution >= 4 is 34.0 Å². The van der Waals surface area contributed by atoms with E-state index in [-0.39, 0.29) is 11.8 Å². The summed E-state index contributed by atoms with van der Waals surface area (Å²) in [5.74, 6) is 0.588. The van der Waals surface area contributed by atoms with Gasteiger partial charge in [0.2, 0.25) is 5.91 Å². The van der Waals surface area contributed by atoms with Gasteiger partial charge >= 0.3 is 0 Å². The maximum atomic E-state index is 12.4. The summed E-state index contributed by atoms with van der Waals surface area (Å²) in [6.45, 7) is 1.81.